The van der Waals surface area contributed by atoms with Gasteiger partial charge in [-0.3, -0.25) is 0 Å². The van der Waals surface area contributed by atoms with Crippen LogP contribution in [-0.2, 0) is 21.1 Å². The molecule has 9 nitrogen and oxygen atoms in total. The van der Waals surface area contributed by atoms with Crippen molar-refractivity contribution < 1.29 is 22.4 Å². The van der Waals surface area contributed by atoms with Gasteiger partial charge in [0.1, 0.15) is 22.8 Å². The Labute approximate surface area is 188 Å². The summed E-state index contributed by atoms with van der Waals surface area (Å²) < 4.78 is 38.8. The van der Waals surface area contributed by atoms with Gasteiger partial charge >= 0.3 is 5.97 Å². The van der Waals surface area contributed by atoms with E-state index in [0.29, 0.717) is 11.0 Å². The second-order valence-corrected chi connectivity index (χ2v) is 9.07. The Morgan fingerprint density at radius 3 is 2.36 bits per heavy atom. The van der Waals surface area contributed by atoms with Gasteiger partial charge in [-0.05, 0) is 36.4 Å². The highest BCUT2D eigenvalue weighted by molar-refractivity contribution is 7.92. The van der Waals surface area contributed by atoms with Crippen molar-refractivity contribution in [3.63, 3.8) is 0 Å². The number of ether oxygens (including phenoxy) is 1. The van der Waals surface area contributed by atoms with E-state index in [1.807, 2.05) is 6.07 Å². The van der Waals surface area contributed by atoms with Gasteiger partial charge in [0.15, 0.2) is 5.65 Å². The molecule has 2 aromatic carbocycles. The Morgan fingerprint density at radius 2 is 1.67 bits per heavy atom. The van der Waals surface area contributed by atoms with E-state index in [4.69, 9.17) is 14.9 Å². The number of nitrogens with zero attached hydrogens (tertiary/aromatic N) is 3. The van der Waals surface area contributed by atoms with E-state index in [1.165, 1.54) is 29.0 Å². The van der Waals surface area contributed by atoms with Crippen molar-refractivity contribution in [3.8, 4) is 0 Å². The normalized spacial score (nSPS) is 11.8. The molecule has 5 rings (SSSR count). The summed E-state index contributed by atoms with van der Waals surface area (Å²) in [4.78, 5) is 21.2. The summed E-state index contributed by atoms with van der Waals surface area (Å²) >= 11 is 0. The van der Waals surface area contributed by atoms with Gasteiger partial charge in [0, 0.05) is 0 Å². The van der Waals surface area contributed by atoms with E-state index in [-0.39, 0.29) is 45.7 Å². The summed E-state index contributed by atoms with van der Waals surface area (Å²) in [5.41, 5.74) is 7.93. The molecule has 10 heteroatoms. The van der Waals surface area contributed by atoms with Gasteiger partial charge in [-0.2, -0.15) is 0 Å². The largest absolute Gasteiger partial charge is 0.458 e. The lowest BCUT2D eigenvalue weighted by atomic mass is 10.3. The first-order valence-corrected chi connectivity index (χ1v) is 11.5. The molecule has 3 aromatic heterocycles. The molecule has 0 aliphatic carbocycles. The van der Waals surface area contributed by atoms with Crippen LogP contribution in [0.5, 0.6) is 0 Å². The molecule has 33 heavy (non-hydrogen) atoms. The standard InChI is InChI=1S/C23H18N4O5S/c24-21-20(33(29,30)15-7-2-1-3-8-15)19-22(26-17-10-5-4-9-16(17)25-19)27(21)12-14-32-23(28)18-11-6-13-31-18/h1-11,13H,12,14,24H2. The van der Waals surface area contributed by atoms with Crippen molar-refractivity contribution in [3.05, 3.63) is 78.8 Å². The number of para-hydroxylation sites is 2. The minimum Gasteiger partial charge on any atom is -0.458 e. The number of hydrogen-bond acceptors (Lipinski definition) is 8. The molecular formula is C23H18N4O5S. The lowest BCUT2D eigenvalue weighted by Crippen LogP contribution is -2.14. The maximum absolute atomic E-state index is 13.5. The topological polar surface area (TPSA) is 130 Å². The molecular weight excluding hydrogens is 444 g/mol. The number of aromatic nitrogens is 3. The Hall–Kier alpha value is -4.18. The van der Waals surface area contributed by atoms with Crippen LogP contribution in [0.15, 0.2) is 87.2 Å². The Morgan fingerprint density at radius 1 is 0.970 bits per heavy atom. The first-order valence-electron chi connectivity index (χ1n) is 10.0. The highest BCUT2D eigenvalue weighted by Crippen LogP contribution is 2.35. The molecule has 0 bridgehead atoms. The quantitative estimate of drug-likeness (QED) is 0.380. The van der Waals surface area contributed by atoms with E-state index in [0.717, 1.165) is 0 Å². The number of benzene rings is 2. The van der Waals surface area contributed by atoms with Gasteiger partial charge in [-0.1, -0.05) is 30.3 Å². The molecule has 2 N–H and O–H groups in total. The fraction of sp³-hybridized carbons (Fsp3) is 0.0870. The van der Waals surface area contributed by atoms with Crippen molar-refractivity contribution in [2.24, 2.45) is 0 Å². The van der Waals surface area contributed by atoms with Crippen LogP contribution in [0.4, 0.5) is 5.82 Å². The van der Waals surface area contributed by atoms with Crippen molar-refractivity contribution in [2.75, 3.05) is 12.3 Å². The molecule has 0 spiro atoms. The number of furan rings is 1. The Balaban J connectivity index is 1.62. The summed E-state index contributed by atoms with van der Waals surface area (Å²) in [6.07, 6.45) is 1.37. The van der Waals surface area contributed by atoms with Crippen LogP contribution in [0, 0.1) is 0 Å². The van der Waals surface area contributed by atoms with Gasteiger partial charge in [-0.25, -0.2) is 23.2 Å². The van der Waals surface area contributed by atoms with Gasteiger partial charge in [0.2, 0.25) is 15.6 Å². The molecule has 0 saturated heterocycles. The smallest absolute Gasteiger partial charge is 0.374 e. The van der Waals surface area contributed by atoms with Gasteiger partial charge in [0.25, 0.3) is 0 Å². The number of anilines is 1. The molecule has 0 atom stereocenters. The fourth-order valence-electron chi connectivity index (χ4n) is 3.59. The number of fused-ring (bicyclic) bond motifs is 2. The molecule has 0 unspecified atom stereocenters. The predicted molar refractivity (Wildman–Crippen MR) is 120 cm³/mol. The number of esters is 1. The van der Waals surface area contributed by atoms with E-state index in [9.17, 15) is 13.2 Å². The second kappa shape index (κ2) is 8.06. The number of carbonyl (C=O) groups excluding carboxylic acids is 1. The maximum atomic E-state index is 13.5. The lowest BCUT2D eigenvalue weighted by molar-refractivity contribution is 0.0456. The summed E-state index contributed by atoms with van der Waals surface area (Å²) in [7, 11) is -3.99. The SMILES string of the molecule is Nc1c(S(=O)(=O)c2ccccc2)c2nc3ccccc3nc2n1CCOC(=O)c1ccco1. The van der Waals surface area contributed by atoms with E-state index in [2.05, 4.69) is 9.97 Å². The van der Waals surface area contributed by atoms with Crippen LogP contribution in [0.3, 0.4) is 0 Å². The number of rotatable bonds is 6. The van der Waals surface area contributed by atoms with Crippen molar-refractivity contribution in [2.45, 2.75) is 16.3 Å². The molecule has 0 fully saturated rings. The summed E-state index contributed by atoms with van der Waals surface area (Å²) in [5, 5.41) is 0. The van der Waals surface area contributed by atoms with Gasteiger partial charge in [-0.15, -0.1) is 0 Å². The third kappa shape index (κ3) is 3.60. The highest BCUT2D eigenvalue weighted by atomic mass is 32.2. The number of nitrogen functional groups attached to an aromatic ring is 1. The molecule has 3 heterocycles. The van der Waals surface area contributed by atoms with Gasteiger partial charge < -0.3 is 19.5 Å². The van der Waals surface area contributed by atoms with Crippen LogP contribution in [-0.4, -0.2) is 35.5 Å². The summed E-state index contributed by atoms with van der Waals surface area (Å²) in [6, 6.07) is 18.2. The van der Waals surface area contributed by atoms with Crippen molar-refractivity contribution in [1.29, 1.82) is 0 Å². The molecule has 0 aliphatic heterocycles. The molecule has 5 aromatic rings. The van der Waals surface area contributed by atoms with Crippen molar-refractivity contribution in [1.82, 2.24) is 14.5 Å². The first-order chi connectivity index (χ1) is 16.0. The molecule has 0 amide bonds. The molecule has 0 saturated carbocycles. The average molecular weight is 462 g/mol. The zero-order chi connectivity index (χ0) is 23.0. The van der Waals surface area contributed by atoms with Crippen LogP contribution in [0.25, 0.3) is 22.2 Å². The maximum Gasteiger partial charge on any atom is 0.374 e. The minimum atomic E-state index is -3.99. The second-order valence-electron chi connectivity index (χ2n) is 7.18. The van der Waals surface area contributed by atoms with E-state index < -0.39 is 15.8 Å². The summed E-state index contributed by atoms with van der Waals surface area (Å²) in [6.45, 7) is -0.00104. The highest BCUT2D eigenvalue weighted by Gasteiger charge is 2.30. The molecule has 0 aliphatic rings. The first kappa shape index (κ1) is 20.7. The number of sulfone groups is 1. The zero-order valence-electron chi connectivity index (χ0n) is 17.2. The fourth-order valence-corrected chi connectivity index (χ4v) is 5.12. The number of nitrogens with two attached hydrogens (primary N) is 1. The Bertz CT molecular complexity index is 1580. The monoisotopic (exact) mass is 462 g/mol. The van der Waals surface area contributed by atoms with Crippen LogP contribution < -0.4 is 5.73 Å². The molecule has 0 radical (unpaired) electrons. The zero-order valence-corrected chi connectivity index (χ0v) is 18.0. The van der Waals surface area contributed by atoms with Crippen LogP contribution in [0.2, 0.25) is 0 Å². The lowest BCUT2D eigenvalue weighted by Gasteiger charge is -2.08. The van der Waals surface area contributed by atoms with Crippen LogP contribution >= 0.6 is 0 Å². The van der Waals surface area contributed by atoms with E-state index >= 15 is 0 Å². The van der Waals surface area contributed by atoms with E-state index in [1.54, 1.807) is 42.5 Å². The van der Waals surface area contributed by atoms with Crippen molar-refractivity contribution >= 4 is 43.8 Å². The number of carbonyl (C=O) groups is 1. The number of hydrogen-bond donors (Lipinski definition) is 1. The average Bonchev–Trinajstić information content (AvgIpc) is 3.45. The summed E-state index contributed by atoms with van der Waals surface area (Å²) in [5.74, 6) is -0.597. The third-order valence-corrected chi connectivity index (χ3v) is 6.97. The minimum absolute atomic E-state index is 0.0294. The van der Waals surface area contributed by atoms with Gasteiger partial charge in [0.05, 0.1) is 28.7 Å². The molecule has 166 valence electrons. The third-order valence-electron chi connectivity index (χ3n) is 5.14. The van der Waals surface area contributed by atoms with Crippen LogP contribution in [0.1, 0.15) is 10.6 Å². The predicted octanol–water partition coefficient (Wildman–Crippen LogP) is 3.45. The Kier molecular flexibility index (Phi) is 5.06.